The lowest BCUT2D eigenvalue weighted by Gasteiger charge is -2.35. The molecule has 0 bridgehead atoms. The number of ether oxygens (including phenoxy) is 1. The maximum Gasteiger partial charge on any atom is 0.307 e. The molecule has 1 aliphatic heterocycles. The van der Waals surface area contributed by atoms with Gasteiger partial charge in [0.05, 0.1) is 23.7 Å². The first-order valence-corrected chi connectivity index (χ1v) is 14.9. The Balaban J connectivity index is 1.79. The van der Waals surface area contributed by atoms with E-state index in [1.54, 1.807) is 20.8 Å². The maximum atomic E-state index is 13.7. The molecule has 0 aromatic carbocycles. The van der Waals surface area contributed by atoms with Gasteiger partial charge in [0.25, 0.3) is 0 Å². The van der Waals surface area contributed by atoms with Gasteiger partial charge in [-0.05, 0) is 45.4 Å². The third-order valence-electron chi connectivity index (χ3n) is 7.51. The number of nitrogens with zero attached hydrogens (tertiary/aromatic N) is 1. The van der Waals surface area contributed by atoms with Crippen LogP contribution < -0.4 is 5.32 Å². The fraction of sp³-hybridized carbons (Fsp3) is 0.778. The number of carbonyl (C=O) groups excluding carboxylic acids is 4. The summed E-state index contributed by atoms with van der Waals surface area (Å²) in [6, 6.07) is -1.07. The number of carbonyl (C=O) groups is 4. The van der Waals surface area contributed by atoms with Crippen LogP contribution in [0.3, 0.4) is 0 Å². The van der Waals surface area contributed by atoms with Crippen LogP contribution in [0.2, 0.25) is 0 Å². The normalized spacial score (nSPS) is 28.4. The molecule has 3 fully saturated rings. The van der Waals surface area contributed by atoms with E-state index in [0.717, 1.165) is 0 Å². The molecule has 1 heterocycles. The quantitative estimate of drug-likeness (QED) is 0.305. The van der Waals surface area contributed by atoms with Gasteiger partial charge in [-0.3, -0.25) is 19.2 Å². The van der Waals surface area contributed by atoms with E-state index in [2.05, 4.69) is 11.9 Å². The minimum Gasteiger partial charge on any atom is -0.460 e. The molecule has 0 aromatic heterocycles. The lowest BCUT2D eigenvalue weighted by molar-refractivity contribution is -0.161. The topological polar surface area (TPSA) is 147 Å². The molecule has 2 saturated carbocycles. The van der Waals surface area contributed by atoms with Crippen molar-refractivity contribution in [1.29, 1.82) is 0 Å². The number of hydrogen-bond acceptors (Lipinski definition) is 8. The van der Waals surface area contributed by atoms with Crippen LogP contribution in [0, 0.1) is 17.3 Å². The molecular weight excluding hydrogens is 512 g/mol. The summed E-state index contributed by atoms with van der Waals surface area (Å²) in [5.41, 5.74) is -2.76. The third kappa shape index (κ3) is 6.83. The van der Waals surface area contributed by atoms with Crippen LogP contribution in [0.5, 0.6) is 0 Å². The van der Waals surface area contributed by atoms with Crippen molar-refractivity contribution >= 4 is 33.4 Å². The van der Waals surface area contributed by atoms with Gasteiger partial charge in [0.2, 0.25) is 11.8 Å². The Kier molecular flexibility index (Phi) is 8.26. The maximum absolute atomic E-state index is 13.7. The Labute approximate surface area is 225 Å². The summed E-state index contributed by atoms with van der Waals surface area (Å²) in [4.78, 5) is 54.2. The highest BCUT2D eigenvalue weighted by Gasteiger charge is 2.61. The van der Waals surface area contributed by atoms with Crippen molar-refractivity contribution in [2.45, 2.75) is 102 Å². The van der Waals surface area contributed by atoms with Gasteiger partial charge in [-0.15, -0.1) is 6.58 Å². The Bertz CT molecular complexity index is 1100. The highest BCUT2D eigenvalue weighted by atomic mass is 32.2. The first kappa shape index (κ1) is 30.3. The number of Topliss-reactive ketones (excluding diaryl/α,β-unsaturated/α-hetero) is 1. The van der Waals surface area contributed by atoms with E-state index in [0.29, 0.717) is 12.8 Å². The first-order valence-electron chi connectivity index (χ1n) is 13.2. The summed E-state index contributed by atoms with van der Waals surface area (Å²) in [6.45, 7) is 14.3. The van der Waals surface area contributed by atoms with Crippen LogP contribution in [0.1, 0.15) is 73.6 Å². The molecule has 5 atom stereocenters. The van der Waals surface area contributed by atoms with Gasteiger partial charge in [-0.25, -0.2) is 8.42 Å². The molecule has 0 spiro atoms. The van der Waals surface area contributed by atoms with E-state index < -0.39 is 84.9 Å². The van der Waals surface area contributed by atoms with Crippen LogP contribution in [0.15, 0.2) is 12.7 Å². The minimum absolute atomic E-state index is 0.0374. The summed E-state index contributed by atoms with van der Waals surface area (Å²) in [7, 11) is -3.58. The van der Waals surface area contributed by atoms with Gasteiger partial charge >= 0.3 is 5.97 Å². The lowest BCUT2D eigenvalue weighted by atomic mass is 9.77. The molecule has 2 aliphatic carbocycles. The number of sulfone groups is 1. The van der Waals surface area contributed by atoms with Gasteiger partial charge in [0.15, 0.2) is 15.6 Å². The average Bonchev–Trinajstić information content (AvgIpc) is 3.66. The van der Waals surface area contributed by atoms with E-state index in [-0.39, 0.29) is 25.8 Å². The number of aliphatic hydroxyl groups excluding tert-OH is 1. The number of β-amino-alcohol motifs (C(OH)–C–C–N with tert-alkyl or cyclic N) is 1. The second-order valence-corrected chi connectivity index (χ2v) is 15.3. The van der Waals surface area contributed by atoms with E-state index in [9.17, 15) is 32.7 Å². The van der Waals surface area contributed by atoms with Crippen LogP contribution in [-0.2, 0) is 33.8 Å². The molecule has 2 amide bonds. The smallest absolute Gasteiger partial charge is 0.307 e. The Morgan fingerprint density at radius 1 is 1.16 bits per heavy atom. The summed E-state index contributed by atoms with van der Waals surface area (Å²) < 4.78 is 30.3. The number of amides is 2. The van der Waals surface area contributed by atoms with E-state index in [4.69, 9.17) is 4.74 Å². The standard InChI is InChI=1S/C27H42N2O8S/c1-8-16-13-27(16,21(31)15-38(35,36)18-9-10-18)28-23(33)20-11-17(30)14-29(20)24(34)19(25(2,3)4)12-22(32)37-26(5,6)7/h8,16-20,30H,1,9-15H2,2-7H3,(H,28,33)/t16-,17-,19-,20+,27-/m1/s1. The van der Waals surface area contributed by atoms with E-state index in [1.807, 2.05) is 20.8 Å². The molecule has 1 saturated heterocycles. The Hall–Kier alpha value is -2.27. The van der Waals surface area contributed by atoms with Crippen molar-refractivity contribution in [3.8, 4) is 0 Å². The molecular formula is C27H42N2O8S. The Morgan fingerprint density at radius 2 is 1.76 bits per heavy atom. The van der Waals surface area contributed by atoms with Crippen molar-refractivity contribution < 1.29 is 37.4 Å². The van der Waals surface area contributed by atoms with Crippen LogP contribution in [-0.4, -0.2) is 82.8 Å². The van der Waals surface area contributed by atoms with E-state index >= 15 is 0 Å². The molecule has 3 aliphatic rings. The van der Waals surface area contributed by atoms with Gasteiger partial charge in [0, 0.05) is 18.9 Å². The van der Waals surface area contributed by atoms with Crippen molar-refractivity contribution in [2.75, 3.05) is 12.3 Å². The molecule has 0 unspecified atom stereocenters. The van der Waals surface area contributed by atoms with Gasteiger partial charge in [-0.2, -0.15) is 0 Å². The molecule has 10 nitrogen and oxygen atoms in total. The molecule has 3 rings (SSSR count). The highest BCUT2D eigenvalue weighted by molar-refractivity contribution is 7.93. The zero-order chi connectivity index (χ0) is 28.8. The Morgan fingerprint density at radius 3 is 2.24 bits per heavy atom. The SMILES string of the molecule is C=C[C@@H]1C[C@]1(NC(=O)[C@@H]1C[C@@H](O)CN1C(=O)[C@@H](CC(=O)OC(C)(C)C)C(C)(C)C)C(=O)CS(=O)(=O)C1CC1. The number of rotatable bonds is 10. The largest absolute Gasteiger partial charge is 0.460 e. The molecule has 2 N–H and O–H groups in total. The highest BCUT2D eigenvalue weighted by Crippen LogP contribution is 2.46. The second kappa shape index (κ2) is 10.4. The minimum atomic E-state index is -3.58. The summed E-state index contributed by atoms with van der Waals surface area (Å²) in [5.74, 6) is -4.12. The second-order valence-electron chi connectivity index (χ2n) is 13.0. The van der Waals surface area contributed by atoms with Gasteiger partial charge < -0.3 is 20.1 Å². The van der Waals surface area contributed by atoms with Crippen LogP contribution in [0.25, 0.3) is 0 Å². The molecule has 0 radical (unpaired) electrons. The summed E-state index contributed by atoms with van der Waals surface area (Å²) >= 11 is 0. The average molecular weight is 555 g/mol. The number of likely N-dealkylation sites (tertiary alicyclic amines) is 1. The van der Waals surface area contributed by atoms with Crippen LogP contribution in [0.4, 0.5) is 0 Å². The lowest BCUT2D eigenvalue weighted by Crippen LogP contribution is -2.55. The molecule has 11 heteroatoms. The van der Waals surface area contributed by atoms with Crippen molar-refractivity contribution in [1.82, 2.24) is 10.2 Å². The number of nitrogens with one attached hydrogen (secondary N) is 1. The number of esters is 1. The number of aliphatic hydroxyl groups is 1. The molecule has 214 valence electrons. The fourth-order valence-corrected chi connectivity index (χ4v) is 6.80. The molecule has 0 aromatic rings. The van der Waals surface area contributed by atoms with Crippen LogP contribution >= 0.6 is 0 Å². The zero-order valence-electron chi connectivity index (χ0n) is 23.3. The number of ketones is 1. The predicted molar refractivity (Wildman–Crippen MR) is 141 cm³/mol. The first-order chi connectivity index (χ1) is 17.3. The molecule has 38 heavy (non-hydrogen) atoms. The zero-order valence-corrected chi connectivity index (χ0v) is 24.1. The van der Waals surface area contributed by atoms with Gasteiger partial charge in [-0.1, -0.05) is 26.8 Å². The summed E-state index contributed by atoms with van der Waals surface area (Å²) in [5, 5.41) is 12.6. The monoisotopic (exact) mass is 554 g/mol. The van der Waals surface area contributed by atoms with Crippen molar-refractivity contribution in [2.24, 2.45) is 17.3 Å². The number of hydrogen-bond donors (Lipinski definition) is 2. The fourth-order valence-electron chi connectivity index (χ4n) is 5.09. The van der Waals surface area contributed by atoms with Crippen molar-refractivity contribution in [3.63, 3.8) is 0 Å². The van der Waals surface area contributed by atoms with Crippen molar-refractivity contribution in [3.05, 3.63) is 12.7 Å². The summed E-state index contributed by atoms with van der Waals surface area (Å²) in [6.07, 6.45) is 1.63. The van der Waals surface area contributed by atoms with Gasteiger partial charge in [0.1, 0.15) is 22.9 Å². The predicted octanol–water partition coefficient (Wildman–Crippen LogP) is 1.55. The third-order valence-corrected chi connectivity index (χ3v) is 9.66. The van der Waals surface area contributed by atoms with E-state index in [1.165, 1.54) is 11.0 Å².